The molecule has 0 saturated carbocycles. The zero-order chi connectivity index (χ0) is 18.8. The quantitative estimate of drug-likeness (QED) is 0.765. The lowest BCUT2D eigenvalue weighted by Gasteiger charge is -2.35. The summed E-state index contributed by atoms with van der Waals surface area (Å²) in [7, 11) is 0. The monoisotopic (exact) mass is 372 g/mol. The van der Waals surface area contributed by atoms with Gasteiger partial charge in [0.15, 0.2) is 5.82 Å². The maximum atomic E-state index is 13.3. The Morgan fingerprint density at radius 3 is 2.56 bits per heavy atom. The summed E-state index contributed by atoms with van der Waals surface area (Å²) < 4.78 is 30.3. The van der Waals surface area contributed by atoms with Crippen molar-refractivity contribution < 1.29 is 18.3 Å². The molecule has 1 N–H and O–H groups in total. The van der Waals surface area contributed by atoms with E-state index in [9.17, 15) is 13.6 Å². The third kappa shape index (κ3) is 3.55. The Labute approximate surface area is 154 Å². The van der Waals surface area contributed by atoms with E-state index in [1.54, 1.807) is 23.1 Å². The third-order valence-corrected chi connectivity index (χ3v) is 4.64. The van der Waals surface area contributed by atoms with E-state index in [-0.39, 0.29) is 17.5 Å². The number of nitrogens with one attached hydrogen (secondary N) is 1. The molecule has 0 spiro atoms. The topological polar surface area (TPSA) is 61.5 Å². The zero-order valence-electron chi connectivity index (χ0n) is 14.5. The lowest BCUT2D eigenvalue weighted by atomic mass is 10.2. The molecule has 0 bridgehead atoms. The summed E-state index contributed by atoms with van der Waals surface area (Å²) in [5.41, 5.74) is 2.06. The SMILES string of the molecule is O=C(c1nc2ccc(F)cc2[nH]1)N1CCN(c2ccc(OCF)cc2)CC1. The highest BCUT2D eigenvalue weighted by molar-refractivity contribution is 5.94. The molecule has 0 aliphatic carbocycles. The van der Waals surface area contributed by atoms with Crippen LogP contribution in [-0.2, 0) is 0 Å². The molecule has 4 rings (SSSR count). The first-order valence-electron chi connectivity index (χ1n) is 8.62. The van der Waals surface area contributed by atoms with Gasteiger partial charge in [-0.3, -0.25) is 4.79 Å². The van der Waals surface area contributed by atoms with Crippen molar-refractivity contribution in [1.82, 2.24) is 14.9 Å². The van der Waals surface area contributed by atoms with E-state index in [0.717, 1.165) is 5.69 Å². The van der Waals surface area contributed by atoms with Gasteiger partial charge >= 0.3 is 0 Å². The Kier molecular flexibility index (Phi) is 4.62. The van der Waals surface area contributed by atoms with Crippen LogP contribution in [0.1, 0.15) is 10.6 Å². The van der Waals surface area contributed by atoms with E-state index >= 15 is 0 Å². The van der Waals surface area contributed by atoms with Gasteiger partial charge < -0.3 is 19.5 Å². The summed E-state index contributed by atoms with van der Waals surface area (Å²) in [4.78, 5) is 23.7. The van der Waals surface area contributed by atoms with Crippen molar-refractivity contribution in [3.8, 4) is 5.75 Å². The third-order valence-electron chi connectivity index (χ3n) is 4.64. The Balaban J connectivity index is 1.41. The number of hydrogen-bond acceptors (Lipinski definition) is 4. The minimum Gasteiger partial charge on any atom is -0.463 e. The number of ether oxygens (including phenoxy) is 1. The van der Waals surface area contributed by atoms with Gasteiger partial charge in [-0.2, -0.15) is 0 Å². The molecule has 1 amide bonds. The maximum Gasteiger partial charge on any atom is 0.289 e. The number of hydrogen-bond donors (Lipinski definition) is 1. The van der Waals surface area contributed by atoms with Crippen LogP contribution in [0.2, 0.25) is 0 Å². The van der Waals surface area contributed by atoms with Crippen LogP contribution in [0.4, 0.5) is 14.5 Å². The molecule has 1 aliphatic rings. The van der Waals surface area contributed by atoms with Crippen molar-refractivity contribution in [3.63, 3.8) is 0 Å². The maximum absolute atomic E-state index is 13.3. The first-order chi connectivity index (χ1) is 13.1. The van der Waals surface area contributed by atoms with Crippen molar-refractivity contribution in [2.75, 3.05) is 37.9 Å². The van der Waals surface area contributed by atoms with E-state index in [4.69, 9.17) is 4.74 Å². The number of aromatic nitrogens is 2. The summed E-state index contributed by atoms with van der Waals surface area (Å²) >= 11 is 0. The molecule has 0 radical (unpaired) electrons. The number of aromatic amines is 1. The number of H-pyrrole nitrogens is 1. The molecule has 2 aromatic carbocycles. The number of alkyl halides is 1. The number of fused-ring (bicyclic) bond motifs is 1. The Morgan fingerprint density at radius 2 is 1.85 bits per heavy atom. The predicted octanol–water partition coefficient (Wildman–Crippen LogP) is 2.97. The number of amides is 1. The normalized spacial score (nSPS) is 14.6. The number of piperazine rings is 1. The number of benzene rings is 2. The molecular formula is C19H18F2N4O2. The van der Waals surface area contributed by atoms with Crippen LogP contribution >= 0.6 is 0 Å². The summed E-state index contributed by atoms with van der Waals surface area (Å²) in [5.74, 6) is 0.132. The predicted molar refractivity (Wildman–Crippen MR) is 97.2 cm³/mol. The van der Waals surface area contributed by atoms with Gasteiger partial charge in [0.05, 0.1) is 11.0 Å². The fourth-order valence-electron chi connectivity index (χ4n) is 3.22. The number of rotatable bonds is 4. The highest BCUT2D eigenvalue weighted by Gasteiger charge is 2.24. The van der Waals surface area contributed by atoms with Gasteiger partial charge in [0.1, 0.15) is 11.6 Å². The molecule has 1 fully saturated rings. The second kappa shape index (κ2) is 7.22. The summed E-state index contributed by atoms with van der Waals surface area (Å²) in [6.07, 6.45) is 0. The van der Waals surface area contributed by atoms with Gasteiger partial charge in [0, 0.05) is 31.9 Å². The molecule has 1 saturated heterocycles. The van der Waals surface area contributed by atoms with Gasteiger partial charge in [0.25, 0.3) is 5.91 Å². The molecule has 8 heteroatoms. The van der Waals surface area contributed by atoms with Gasteiger partial charge in [-0.25, -0.2) is 13.8 Å². The second-order valence-electron chi connectivity index (χ2n) is 6.27. The first-order valence-corrected chi connectivity index (χ1v) is 8.62. The number of anilines is 1. The standard InChI is InChI=1S/C19H18F2N4O2/c20-12-27-15-4-2-14(3-5-15)24-7-9-25(10-8-24)19(26)18-22-16-6-1-13(21)11-17(16)23-18/h1-6,11H,7-10,12H2,(H,22,23). The van der Waals surface area contributed by atoms with Gasteiger partial charge in [-0.15, -0.1) is 0 Å². The van der Waals surface area contributed by atoms with Crippen LogP contribution in [0.3, 0.4) is 0 Å². The number of carbonyl (C=O) groups excluding carboxylic acids is 1. The molecule has 0 unspecified atom stereocenters. The first kappa shape index (κ1) is 17.3. The molecule has 2 heterocycles. The van der Waals surface area contributed by atoms with Crippen molar-refractivity contribution >= 4 is 22.6 Å². The minimum atomic E-state index is -0.853. The zero-order valence-corrected chi connectivity index (χ0v) is 14.5. The largest absolute Gasteiger partial charge is 0.463 e. The molecule has 27 heavy (non-hydrogen) atoms. The van der Waals surface area contributed by atoms with Crippen LogP contribution in [0.5, 0.6) is 5.75 Å². The number of carbonyl (C=O) groups is 1. The summed E-state index contributed by atoms with van der Waals surface area (Å²) in [6.45, 7) is 1.59. The lowest BCUT2D eigenvalue weighted by Crippen LogP contribution is -2.49. The Morgan fingerprint density at radius 1 is 1.11 bits per heavy atom. The summed E-state index contributed by atoms with van der Waals surface area (Å²) in [5, 5.41) is 0. The van der Waals surface area contributed by atoms with Crippen LogP contribution in [0.25, 0.3) is 11.0 Å². The van der Waals surface area contributed by atoms with Gasteiger partial charge in [0.2, 0.25) is 6.86 Å². The van der Waals surface area contributed by atoms with Gasteiger partial charge in [-0.05, 0) is 42.5 Å². The van der Waals surface area contributed by atoms with Crippen LogP contribution in [0.15, 0.2) is 42.5 Å². The average molecular weight is 372 g/mol. The number of nitrogens with zero attached hydrogens (tertiary/aromatic N) is 3. The van der Waals surface area contributed by atoms with E-state index in [2.05, 4.69) is 14.9 Å². The Hall–Kier alpha value is -3.16. The number of halogens is 2. The summed E-state index contributed by atoms with van der Waals surface area (Å²) in [6, 6.07) is 11.4. The van der Waals surface area contributed by atoms with E-state index < -0.39 is 6.86 Å². The molecule has 1 aromatic heterocycles. The van der Waals surface area contributed by atoms with Crippen molar-refractivity contribution in [1.29, 1.82) is 0 Å². The van der Waals surface area contributed by atoms with E-state index in [0.29, 0.717) is 43.0 Å². The number of imidazole rings is 1. The second-order valence-corrected chi connectivity index (χ2v) is 6.27. The smallest absolute Gasteiger partial charge is 0.289 e. The molecule has 6 nitrogen and oxygen atoms in total. The van der Waals surface area contributed by atoms with Crippen LogP contribution in [-0.4, -0.2) is 53.8 Å². The molecule has 0 atom stereocenters. The van der Waals surface area contributed by atoms with Crippen LogP contribution < -0.4 is 9.64 Å². The van der Waals surface area contributed by atoms with Crippen molar-refractivity contribution in [3.05, 3.63) is 54.1 Å². The highest BCUT2D eigenvalue weighted by Crippen LogP contribution is 2.21. The molecule has 140 valence electrons. The minimum absolute atomic E-state index is 0.196. The molecule has 3 aromatic rings. The van der Waals surface area contributed by atoms with Gasteiger partial charge in [-0.1, -0.05) is 0 Å². The lowest BCUT2D eigenvalue weighted by molar-refractivity contribution is 0.0736. The van der Waals surface area contributed by atoms with E-state index in [1.165, 1.54) is 12.1 Å². The van der Waals surface area contributed by atoms with Crippen LogP contribution in [0, 0.1) is 5.82 Å². The average Bonchev–Trinajstić information content (AvgIpc) is 3.11. The fraction of sp³-hybridized carbons (Fsp3) is 0.263. The molecular weight excluding hydrogens is 354 g/mol. The van der Waals surface area contributed by atoms with Crippen molar-refractivity contribution in [2.24, 2.45) is 0 Å². The highest BCUT2D eigenvalue weighted by atomic mass is 19.1. The Bertz CT molecular complexity index is 950. The molecule has 1 aliphatic heterocycles. The van der Waals surface area contributed by atoms with Crippen molar-refractivity contribution in [2.45, 2.75) is 0 Å². The fourth-order valence-corrected chi connectivity index (χ4v) is 3.22. The van der Waals surface area contributed by atoms with E-state index in [1.807, 2.05) is 12.1 Å².